The number of fused-ring (bicyclic) bond motifs is 1. The molecule has 3 aromatic rings. The molecule has 0 fully saturated rings. The number of carboxylic acid groups (broad SMARTS) is 1. The summed E-state index contributed by atoms with van der Waals surface area (Å²) in [5.74, 6) is -0.666. The van der Waals surface area contributed by atoms with Crippen LogP contribution < -0.4 is 10.2 Å². The van der Waals surface area contributed by atoms with E-state index in [-0.39, 0.29) is 23.5 Å². The Bertz CT molecular complexity index is 982. The van der Waals surface area contributed by atoms with E-state index in [0.717, 1.165) is 5.56 Å². The van der Waals surface area contributed by atoms with Crippen LogP contribution >= 0.6 is 11.6 Å². The Balaban J connectivity index is 2.18. The molecular weight excluding hydrogens is 337 g/mol. The summed E-state index contributed by atoms with van der Waals surface area (Å²) in [6.45, 7) is 0.285. The normalized spacial score (nSPS) is 10.8. The van der Waals surface area contributed by atoms with Gasteiger partial charge in [0.15, 0.2) is 5.75 Å². The van der Waals surface area contributed by atoms with E-state index in [4.69, 9.17) is 16.7 Å². The van der Waals surface area contributed by atoms with Crippen molar-refractivity contribution in [3.63, 3.8) is 0 Å². The van der Waals surface area contributed by atoms with Gasteiger partial charge in [-0.2, -0.15) is 0 Å². The van der Waals surface area contributed by atoms with Crippen LogP contribution in [0.4, 0.5) is 9.18 Å². The van der Waals surface area contributed by atoms with E-state index in [1.54, 1.807) is 22.8 Å². The van der Waals surface area contributed by atoms with Crippen molar-refractivity contribution in [2.24, 2.45) is 0 Å². The van der Waals surface area contributed by atoms with E-state index in [9.17, 15) is 14.0 Å². The fourth-order valence-corrected chi connectivity index (χ4v) is 2.59. The molecule has 0 saturated heterocycles. The quantitative estimate of drug-likeness (QED) is 0.730. The summed E-state index contributed by atoms with van der Waals surface area (Å²) in [6, 6.07) is 10.5. The fourth-order valence-electron chi connectivity index (χ4n) is 2.42. The van der Waals surface area contributed by atoms with Crippen molar-refractivity contribution < 1.29 is 19.0 Å². The number of halogens is 2. The SMILES string of the molecule is O=C(O)Oc1cn(Cc2ccc(F)cc2)c2cc(Cl)ccc2c1=O. The van der Waals surface area contributed by atoms with E-state index in [1.165, 1.54) is 30.5 Å². The predicted octanol–water partition coefficient (Wildman–Crippen LogP) is 3.90. The molecule has 0 unspecified atom stereocenters. The molecule has 0 aliphatic rings. The van der Waals surface area contributed by atoms with Crippen molar-refractivity contribution >= 4 is 28.7 Å². The highest BCUT2D eigenvalue weighted by atomic mass is 35.5. The van der Waals surface area contributed by atoms with Gasteiger partial charge in [0.1, 0.15) is 5.82 Å². The Labute approximate surface area is 140 Å². The second-order valence-corrected chi connectivity index (χ2v) is 5.54. The van der Waals surface area contributed by atoms with Gasteiger partial charge in [-0.3, -0.25) is 4.79 Å². The summed E-state index contributed by atoms with van der Waals surface area (Å²) in [5.41, 5.74) is 0.747. The van der Waals surface area contributed by atoms with Crippen molar-refractivity contribution in [1.82, 2.24) is 4.57 Å². The van der Waals surface area contributed by atoms with Crippen molar-refractivity contribution in [1.29, 1.82) is 0 Å². The molecule has 0 aliphatic heterocycles. The first-order chi connectivity index (χ1) is 11.4. The molecule has 7 heteroatoms. The zero-order chi connectivity index (χ0) is 17.3. The van der Waals surface area contributed by atoms with Crippen LogP contribution in [0.2, 0.25) is 5.02 Å². The van der Waals surface area contributed by atoms with Gasteiger partial charge in [-0.1, -0.05) is 23.7 Å². The van der Waals surface area contributed by atoms with Gasteiger partial charge < -0.3 is 14.4 Å². The number of pyridine rings is 1. The van der Waals surface area contributed by atoms with E-state index < -0.39 is 11.6 Å². The van der Waals surface area contributed by atoms with Gasteiger partial charge in [-0.25, -0.2) is 9.18 Å². The third kappa shape index (κ3) is 3.23. The van der Waals surface area contributed by atoms with Crippen LogP contribution in [0.1, 0.15) is 5.56 Å². The van der Waals surface area contributed by atoms with Crippen LogP contribution in [0.25, 0.3) is 10.9 Å². The second-order valence-electron chi connectivity index (χ2n) is 5.11. The lowest BCUT2D eigenvalue weighted by atomic mass is 10.1. The van der Waals surface area contributed by atoms with Gasteiger partial charge in [0, 0.05) is 17.0 Å². The average molecular weight is 348 g/mol. The largest absolute Gasteiger partial charge is 0.511 e. The third-order valence-corrected chi connectivity index (χ3v) is 3.71. The Hall–Kier alpha value is -2.86. The number of rotatable bonds is 3. The molecule has 0 spiro atoms. The molecule has 0 atom stereocenters. The smallest absolute Gasteiger partial charge is 0.449 e. The monoisotopic (exact) mass is 347 g/mol. The van der Waals surface area contributed by atoms with Crippen molar-refractivity contribution in [2.75, 3.05) is 0 Å². The lowest BCUT2D eigenvalue weighted by molar-refractivity contribution is 0.144. The minimum Gasteiger partial charge on any atom is -0.449 e. The molecular formula is C17H11ClFNO4. The number of benzene rings is 2. The molecule has 1 heterocycles. The molecule has 1 aromatic heterocycles. The van der Waals surface area contributed by atoms with Gasteiger partial charge in [-0.15, -0.1) is 0 Å². The molecule has 5 nitrogen and oxygen atoms in total. The highest BCUT2D eigenvalue weighted by molar-refractivity contribution is 6.31. The lowest BCUT2D eigenvalue weighted by Crippen LogP contribution is -2.16. The molecule has 0 radical (unpaired) electrons. The molecule has 24 heavy (non-hydrogen) atoms. The first kappa shape index (κ1) is 16.0. The minimum atomic E-state index is -1.58. The standard InChI is InChI=1S/C17H11ClFNO4/c18-11-3-6-13-14(7-11)20(8-10-1-4-12(19)5-2-10)9-15(16(13)21)24-17(22)23/h1-7,9H,8H2,(H,22,23). The number of hydrogen-bond donors (Lipinski definition) is 1. The van der Waals surface area contributed by atoms with E-state index in [2.05, 4.69) is 4.74 Å². The molecule has 0 saturated carbocycles. The number of ether oxygens (including phenoxy) is 1. The van der Waals surface area contributed by atoms with Gasteiger partial charge >= 0.3 is 6.16 Å². The Morgan fingerprint density at radius 1 is 1.21 bits per heavy atom. The zero-order valence-corrected chi connectivity index (χ0v) is 13.0. The summed E-state index contributed by atoms with van der Waals surface area (Å²) >= 11 is 6.00. The van der Waals surface area contributed by atoms with Crippen LogP contribution in [0.5, 0.6) is 5.75 Å². The Morgan fingerprint density at radius 3 is 2.58 bits per heavy atom. The van der Waals surface area contributed by atoms with Gasteiger partial charge in [-0.05, 0) is 35.9 Å². The first-order valence-corrected chi connectivity index (χ1v) is 7.30. The maximum absolute atomic E-state index is 13.0. The molecule has 0 amide bonds. The van der Waals surface area contributed by atoms with Crippen molar-refractivity contribution in [2.45, 2.75) is 6.54 Å². The third-order valence-electron chi connectivity index (χ3n) is 3.47. The highest BCUT2D eigenvalue weighted by Crippen LogP contribution is 2.21. The van der Waals surface area contributed by atoms with Gasteiger partial charge in [0.05, 0.1) is 11.7 Å². The topological polar surface area (TPSA) is 68.5 Å². The fraction of sp³-hybridized carbons (Fsp3) is 0.0588. The lowest BCUT2D eigenvalue weighted by Gasteiger charge is -2.13. The summed E-state index contributed by atoms with van der Waals surface area (Å²) < 4.78 is 19.2. The average Bonchev–Trinajstić information content (AvgIpc) is 2.53. The molecule has 3 rings (SSSR count). The van der Waals surface area contributed by atoms with E-state index in [0.29, 0.717) is 10.5 Å². The maximum atomic E-state index is 13.0. The number of aromatic nitrogens is 1. The second kappa shape index (κ2) is 6.33. The first-order valence-electron chi connectivity index (χ1n) is 6.92. The summed E-state index contributed by atoms with van der Waals surface area (Å²) in [4.78, 5) is 23.1. The Kier molecular flexibility index (Phi) is 4.22. The van der Waals surface area contributed by atoms with Gasteiger partial charge in [0.2, 0.25) is 5.43 Å². The number of hydrogen-bond acceptors (Lipinski definition) is 3. The van der Waals surface area contributed by atoms with Crippen LogP contribution in [0, 0.1) is 5.82 Å². The molecule has 0 bridgehead atoms. The van der Waals surface area contributed by atoms with E-state index >= 15 is 0 Å². The predicted molar refractivity (Wildman–Crippen MR) is 87.4 cm³/mol. The summed E-state index contributed by atoms with van der Waals surface area (Å²) in [6.07, 6.45) is -0.271. The number of carbonyl (C=O) groups is 1. The van der Waals surface area contributed by atoms with E-state index in [1.807, 2.05) is 0 Å². The Morgan fingerprint density at radius 2 is 1.92 bits per heavy atom. The van der Waals surface area contributed by atoms with Crippen LogP contribution in [0.15, 0.2) is 53.5 Å². The summed E-state index contributed by atoms with van der Waals surface area (Å²) in [5, 5.41) is 9.50. The molecule has 2 aromatic carbocycles. The highest BCUT2D eigenvalue weighted by Gasteiger charge is 2.13. The van der Waals surface area contributed by atoms with Gasteiger partial charge in [0.25, 0.3) is 0 Å². The maximum Gasteiger partial charge on any atom is 0.511 e. The molecule has 122 valence electrons. The van der Waals surface area contributed by atoms with Crippen molar-refractivity contribution in [3.8, 4) is 5.75 Å². The van der Waals surface area contributed by atoms with Crippen LogP contribution in [0.3, 0.4) is 0 Å². The minimum absolute atomic E-state index is 0.278. The van der Waals surface area contributed by atoms with Crippen LogP contribution in [-0.4, -0.2) is 15.8 Å². The summed E-state index contributed by atoms with van der Waals surface area (Å²) in [7, 11) is 0. The number of nitrogens with zero attached hydrogens (tertiary/aromatic N) is 1. The molecule has 1 N–H and O–H groups in total. The van der Waals surface area contributed by atoms with Crippen molar-refractivity contribution in [3.05, 3.63) is 75.3 Å². The van der Waals surface area contributed by atoms with Crippen LogP contribution in [-0.2, 0) is 6.54 Å². The zero-order valence-electron chi connectivity index (χ0n) is 12.2. The molecule has 0 aliphatic carbocycles.